The monoisotopic (exact) mass is 299 g/mol. The van der Waals surface area contributed by atoms with E-state index in [1.54, 1.807) is 0 Å². The van der Waals surface area contributed by atoms with Gasteiger partial charge in [-0.25, -0.2) is 13.2 Å². The van der Waals surface area contributed by atoms with Crippen molar-refractivity contribution in [2.75, 3.05) is 25.2 Å². The second kappa shape index (κ2) is 5.80. The Morgan fingerprint density at radius 2 is 2.25 bits per heavy atom. The lowest BCUT2D eigenvalue weighted by Gasteiger charge is -2.11. The number of ether oxygens (including phenoxy) is 2. The highest BCUT2D eigenvalue weighted by Crippen LogP contribution is 2.23. The van der Waals surface area contributed by atoms with Crippen LogP contribution in [0.4, 0.5) is 5.69 Å². The second-order valence-corrected chi connectivity index (χ2v) is 6.69. The summed E-state index contributed by atoms with van der Waals surface area (Å²) in [5.74, 6) is -0.742. The van der Waals surface area contributed by atoms with E-state index in [1.165, 1.54) is 25.3 Å². The first-order chi connectivity index (χ1) is 9.44. The molecule has 7 heteroatoms. The Morgan fingerprint density at radius 1 is 1.50 bits per heavy atom. The zero-order chi connectivity index (χ0) is 14.8. The Bertz CT molecular complexity index is 605. The highest BCUT2D eigenvalue weighted by Gasteiger charge is 2.26. The summed E-state index contributed by atoms with van der Waals surface area (Å²) in [5, 5.41) is 0. The molecule has 1 aliphatic heterocycles. The van der Waals surface area contributed by atoms with E-state index in [1.807, 2.05) is 0 Å². The molecule has 110 valence electrons. The average molecular weight is 299 g/mol. The molecule has 0 aromatic heterocycles. The summed E-state index contributed by atoms with van der Waals surface area (Å²) in [4.78, 5) is 11.6. The zero-order valence-electron chi connectivity index (χ0n) is 11.2. The predicted molar refractivity (Wildman–Crippen MR) is 73.2 cm³/mol. The molecular formula is C13H17NO5S. The minimum absolute atomic E-state index is 0.0564. The lowest BCUT2D eigenvalue weighted by Crippen LogP contribution is -2.20. The molecule has 1 aromatic carbocycles. The molecule has 2 N–H and O–H groups in total. The SMILES string of the molecule is COC(=O)c1cc(S(=O)(=O)CC2CCCO2)ccc1N. The number of rotatable bonds is 4. The number of sulfone groups is 1. The Balaban J connectivity index is 2.29. The molecule has 0 radical (unpaired) electrons. The molecule has 0 spiro atoms. The highest BCUT2D eigenvalue weighted by molar-refractivity contribution is 7.91. The van der Waals surface area contributed by atoms with Gasteiger partial charge >= 0.3 is 5.97 Å². The Morgan fingerprint density at radius 3 is 2.85 bits per heavy atom. The fourth-order valence-corrected chi connectivity index (χ4v) is 3.65. The van der Waals surface area contributed by atoms with Gasteiger partial charge in [0.25, 0.3) is 0 Å². The van der Waals surface area contributed by atoms with E-state index in [9.17, 15) is 13.2 Å². The van der Waals surface area contributed by atoms with Crippen LogP contribution >= 0.6 is 0 Å². The van der Waals surface area contributed by atoms with E-state index in [4.69, 9.17) is 10.5 Å². The Kier molecular flexibility index (Phi) is 4.29. The lowest BCUT2D eigenvalue weighted by molar-refractivity contribution is 0.0601. The van der Waals surface area contributed by atoms with Gasteiger partial charge in [-0.15, -0.1) is 0 Å². The van der Waals surface area contributed by atoms with Gasteiger partial charge in [-0.3, -0.25) is 0 Å². The van der Waals surface area contributed by atoms with Crippen molar-refractivity contribution >= 4 is 21.5 Å². The summed E-state index contributed by atoms with van der Waals surface area (Å²) < 4.78 is 34.5. The summed E-state index contributed by atoms with van der Waals surface area (Å²) in [6.07, 6.45) is 1.33. The third kappa shape index (κ3) is 3.10. The van der Waals surface area contributed by atoms with Crippen molar-refractivity contribution in [1.29, 1.82) is 0 Å². The second-order valence-electron chi connectivity index (χ2n) is 4.66. The Hall–Kier alpha value is -1.60. The van der Waals surface area contributed by atoms with Crippen LogP contribution in [-0.4, -0.2) is 40.0 Å². The van der Waals surface area contributed by atoms with Crippen LogP contribution in [0.15, 0.2) is 23.1 Å². The summed E-state index contributed by atoms with van der Waals surface area (Å²) in [5.41, 5.74) is 5.90. The number of anilines is 1. The molecule has 2 rings (SSSR count). The molecule has 0 saturated carbocycles. The number of methoxy groups -OCH3 is 1. The normalized spacial score (nSPS) is 18.9. The van der Waals surface area contributed by atoms with Gasteiger partial charge in [-0.1, -0.05) is 0 Å². The Labute approximate surface area is 117 Å². The minimum Gasteiger partial charge on any atom is -0.465 e. The number of hydrogen-bond donors (Lipinski definition) is 1. The molecule has 0 aliphatic carbocycles. The maximum Gasteiger partial charge on any atom is 0.339 e. The summed E-state index contributed by atoms with van der Waals surface area (Å²) in [6, 6.07) is 4.05. The first-order valence-corrected chi connectivity index (χ1v) is 7.91. The molecule has 6 nitrogen and oxygen atoms in total. The number of carbonyl (C=O) groups is 1. The van der Waals surface area contributed by atoms with Gasteiger partial charge in [0.15, 0.2) is 9.84 Å². The molecule has 0 bridgehead atoms. The van der Waals surface area contributed by atoms with Crippen LogP contribution in [0.25, 0.3) is 0 Å². The van der Waals surface area contributed by atoms with Crippen LogP contribution < -0.4 is 5.73 Å². The van der Waals surface area contributed by atoms with Crippen molar-refractivity contribution in [3.05, 3.63) is 23.8 Å². The van der Waals surface area contributed by atoms with E-state index < -0.39 is 15.8 Å². The van der Waals surface area contributed by atoms with Gasteiger partial charge in [-0.05, 0) is 31.0 Å². The number of nitrogen functional groups attached to an aromatic ring is 1. The van der Waals surface area contributed by atoms with E-state index in [0.717, 1.165) is 12.8 Å². The zero-order valence-corrected chi connectivity index (χ0v) is 12.0. The quantitative estimate of drug-likeness (QED) is 0.658. The van der Waals surface area contributed by atoms with Crippen molar-refractivity contribution in [2.24, 2.45) is 0 Å². The van der Waals surface area contributed by atoms with E-state index >= 15 is 0 Å². The van der Waals surface area contributed by atoms with Crippen LogP contribution in [0.2, 0.25) is 0 Å². The largest absolute Gasteiger partial charge is 0.465 e. The third-order valence-corrected chi connectivity index (χ3v) is 5.00. The molecular weight excluding hydrogens is 282 g/mol. The fraction of sp³-hybridized carbons (Fsp3) is 0.462. The number of nitrogens with two attached hydrogens (primary N) is 1. The van der Waals surface area contributed by atoms with Crippen LogP contribution in [0.5, 0.6) is 0 Å². The summed E-state index contributed by atoms with van der Waals surface area (Å²) in [6.45, 7) is 0.593. The molecule has 1 saturated heterocycles. The van der Waals surface area contributed by atoms with Gasteiger partial charge in [0, 0.05) is 12.3 Å². The number of benzene rings is 1. The van der Waals surface area contributed by atoms with Crippen molar-refractivity contribution < 1.29 is 22.7 Å². The van der Waals surface area contributed by atoms with E-state index in [2.05, 4.69) is 4.74 Å². The first-order valence-electron chi connectivity index (χ1n) is 6.26. The summed E-state index contributed by atoms with van der Waals surface area (Å²) in [7, 11) is -2.30. The smallest absolute Gasteiger partial charge is 0.339 e. The maximum absolute atomic E-state index is 12.3. The van der Waals surface area contributed by atoms with Crippen molar-refractivity contribution in [2.45, 2.75) is 23.8 Å². The molecule has 1 unspecified atom stereocenters. The standard InChI is InChI=1S/C13H17NO5S/c1-18-13(15)11-7-10(4-5-12(11)14)20(16,17)8-9-3-2-6-19-9/h4-5,7,9H,2-3,6,8,14H2,1H3. The van der Waals surface area contributed by atoms with E-state index in [-0.39, 0.29) is 28.0 Å². The van der Waals surface area contributed by atoms with Gasteiger partial charge in [0.05, 0.1) is 29.4 Å². The molecule has 0 amide bonds. The van der Waals surface area contributed by atoms with Crippen LogP contribution in [0.1, 0.15) is 23.2 Å². The van der Waals surface area contributed by atoms with E-state index in [0.29, 0.717) is 6.61 Å². The highest BCUT2D eigenvalue weighted by atomic mass is 32.2. The van der Waals surface area contributed by atoms with Crippen LogP contribution in [0.3, 0.4) is 0 Å². The minimum atomic E-state index is -3.51. The van der Waals surface area contributed by atoms with Crippen molar-refractivity contribution in [1.82, 2.24) is 0 Å². The first kappa shape index (κ1) is 14.8. The molecule has 1 aliphatic rings. The topological polar surface area (TPSA) is 95.7 Å². The van der Waals surface area contributed by atoms with Gasteiger partial charge in [0.2, 0.25) is 0 Å². The molecule has 1 fully saturated rings. The maximum atomic E-state index is 12.3. The predicted octanol–water partition coefficient (Wildman–Crippen LogP) is 1.01. The number of carbonyl (C=O) groups excluding carboxylic acids is 1. The van der Waals surface area contributed by atoms with Gasteiger partial charge < -0.3 is 15.2 Å². The fourth-order valence-electron chi connectivity index (χ4n) is 2.13. The lowest BCUT2D eigenvalue weighted by atomic mass is 10.2. The van der Waals surface area contributed by atoms with Gasteiger partial charge in [-0.2, -0.15) is 0 Å². The summed E-state index contributed by atoms with van der Waals surface area (Å²) >= 11 is 0. The van der Waals surface area contributed by atoms with Crippen LogP contribution in [-0.2, 0) is 19.3 Å². The molecule has 1 aromatic rings. The molecule has 20 heavy (non-hydrogen) atoms. The number of hydrogen-bond acceptors (Lipinski definition) is 6. The van der Waals surface area contributed by atoms with Gasteiger partial charge in [0.1, 0.15) is 0 Å². The molecule has 1 heterocycles. The van der Waals surface area contributed by atoms with Crippen molar-refractivity contribution in [3.8, 4) is 0 Å². The average Bonchev–Trinajstić information content (AvgIpc) is 2.90. The van der Waals surface area contributed by atoms with Crippen LogP contribution in [0, 0.1) is 0 Å². The molecule has 1 atom stereocenters. The van der Waals surface area contributed by atoms with Crippen molar-refractivity contribution in [3.63, 3.8) is 0 Å². The third-order valence-electron chi connectivity index (χ3n) is 3.22. The number of esters is 1.